The zero-order chi connectivity index (χ0) is 45.5. The van der Waals surface area contributed by atoms with Crippen molar-refractivity contribution >= 4 is 53.9 Å². The van der Waals surface area contributed by atoms with Gasteiger partial charge in [0.2, 0.25) is 0 Å². The SMILES string of the molecule is CC1(C)c2ccccc2-c2ccc3c(c21)C(C)(C)c1cc(-c2ccc(-c4ccc5ccc6c7cc(-c8cccc(-c9cc%10ccccc%10c%10ccccc9%10)c8)ccc7ccc6c5c4)cc2)ccc1-3. The lowest BCUT2D eigenvalue weighted by molar-refractivity contribution is 0.601. The third-order valence-electron chi connectivity index (χ3n) is 16.0. The molecule has 0 heteroatoms. The van der Waals surface area contributed by atoms with Crippen LogP contribution in [0.1, 0.15) is 49.9 Å². The molecule has 0 spiro atoms. The Balaban J connectivity index is 0.798. The van der Waals surface area contributed by atoms with Gasteiger partial charge in [0, 0.05) is 10.8 Å². The summed E-state index contributed by atoms with van der Waals surface area (Å²) < 4.78 is 0. The summed E-state index contributed by atoms with van der Waals surface area (Å²) in [6.07, 6.45) is 0. The Kier molecular flexibility index (Phi) is 8.19. The van der Waals surface area contributed by atoms with Crippen molar-refractivity contribution in [2.75, 3.05) is 0 Å². The minimum absolute atomic E-state index is 0.0504. The quantitative estimate of drug-likeness (QED) is 0.155. The first-order chi connectivity index (χ1) is 33.2. The van der Waals surface area contributed by atoms with Crippen LogP contribution in [0.3, 0.4) is 0 Å². The Hall–Kier alpha value is -8.06. The second-order valence-electron chi connectivity index (χ2n) is 20.4. The molecule has 2 aliphatic carbocycles. The molecular weight excluding hydrogens is 817 g/mol. The molecule has 0 N–H and O–H groups in total. The fraction of sp³-hybridized carbons (Fsp3) is 0.0882. The number of rotatable bonds is 4. The summed E-state index contributed by atoms with van der Waals surface area (Å²) in [6.45, 7) is 9.69. The maximum absolute atomic E-state index is 2.47. The van der Waals surface area contributed by atoms with Gasteiger partial charge >= 0.3 is 0 Å². The highest BCUT2D eigenvalue weighted by atomic mass is 14.5. The van der Waals surface area contributed by atoms with Crippen molar-refractivity contribution in [2.24, 2.45) is 0 Å². The van der Waals surface area contributed by atoms with E-state index in [1.807, 2.05) is 0 Å². The summed E-state index contributed by atoms with van der Waals surface area (Å²) in [5, 5.41) is 12.7. The third kappa shape index (κ3) is 5.61. The van der Waals surface area contributed by atoms with E-state index in [2.05, 4.69) is 246 Å². The van der Waals surface area contributed by atoms with Crippen LogP contribution in [0.5, 0.6) is 0 Å². The average Bonchev–Trinajstić information content (AvgIpc) is 3.76. The van der Waals surface area contributed by atoms with Crippen molar-refractivity contribution in [2.45, 2.75) is 38.5 Å². The molecule has 0 atom stereocenters. The molecule has 0 fully saturated rings. The molecule has 0 amide bonds. The van der Waals surface area contributed by atoms with Crippen molar-refractivity contribution in [1.29, 1.82) is 0 Å². The Morgan fingerprint density at radius 2 is 0.676 bits per heavy atom. The zero-order valence-corrected chi connectivity index (χ0v) is 38.8. The first-order valence-electron chi connectivity index (χ1n) is 24.1. The predicted octanol–water partition coefficient (Wildman–Crippen LogP) is 18.7. The van der Waals surface area contributed by atoms with E-state index < -0.39 is 0 Å². The van der Waals surface area contributed by atoms with Crippen LogP contribution in [0.15, 0.2) is 218 Å². The highest BCUT2D eigenvalue weighted by Crippen LogP contribution is 2.59. The standard InChI is InChI=1S/C68H48/c1-67(2)63-19-10-9-18-56(63)58-34-35-59-57-33-30-48(40-64(57)68(3,4)66(59)65(58)67)42-22-20-41(21-23-42)46-26-24-43-28-32-55-54(60(43)37-46)31-29-44-25-27-47(38-61(44)55)45-13-11-14-49(36-45)62-39-50-12-5-6-15-51(50)52-16-7-8-17-53(52)62/h5-40H,1-4H3. The van der Waals surface area contributed by atoms with Crippen LogP contribution in [0.25, 0.3) is 121 Å². The molecule has 14 rings (SSSR count). The lowest BCUT2D eigenvalue weighted by atomic mass is 9.72. The van der Waals surface area contributed by atoms with Crippen LogP contribution in [0.4, 0.5) is 0 Å². The summed E-state index contributed by atoms with van der Waals surface area (Å²) in [6, 6.07) is 82.3. The van der Waals surface area contributed by atoms with Crippen LogP contribution in [-0.2, 0) is 10.8 Å². The van der Waals surface area contributed by atoms with Gasteiger partial charge in [0.25, 0.3) is 0 Å². The number of hydrogen-bond donors (Lipinski definition) is 0. The molecule has 12 aromatic carbocycles. The lowest BCUT2D eigenvalue weighted by Gasteiger charge is -2.30. The van der Waals surface area contributed by atoms with Gasteiger partial charge in [-0.2, -0.15) is 0 Å². The molecule has 0 aliphatic heterocycles. The topological polar surface area (TPSA) is 0 Å². The predicted molar refractivity (Wildman–Crippen MR) is 291 cm³/mol. The highest BCUT2D eigenvalue weighted by molar-refractivity contribution is 6.19. The van der Waals surface area contributed by atoms with Gasteiger partial charge in [-0.1, -0.05) is 216 Å². The summed E-state index contributed by atoms with van der Waals surface area (Å²) in [5.74, 6) is 0. The molecule has 0 unspecified atom stereocenters. The van der Waals surface area contributed by atoms with Crippen molar-refractivity contribution < 1.29 is 0 Å². The fourth-order valence-electron chi connectivity index (χ4n) is 12.6. The van der Waals surface area contributed by atoms with Gasteiger partial charge in [-0.3, -0.25) is 0 Å². The van der Waals surface area contributed by atoms with Crippen molar-refractivity contribution in [3.8, 4) is 66.8 Å². The van der Waals surface area contributed by atoms with Crippen LogP contribution >= 0.6 is 0 Å². The molecule has 0 saturated heterocycles. The highest BCUT2D eigenvalue weighted by Gasteiger charge is 2.45. The molecule has 0 nitrogen and oxygen atoms in total. The Labute approximate surface area is 397 Å². The Morgan fingerprint density at radius 3 is 1.37 bits per heavy atom. The maximum atomic E-state index is 2.47. The molecule has 0 aromatic heterocycles. The van der Waals surface area contributed by atoms with Crippen LogP contribution in [0, 0.1) is 0 Å². The minimum atomic E-state index is -0.120. The monoisotopic (exact) mass is 864 g/mol. The van der Waals surface area contributed by atoms with Crippen LogP contribution in [-0.4, -0.2) is 0 Å². The van der Waals surface area contributed by atoms with Gasteiger partial charge in [-0.15, -0.1) is 0 Å². The Morgan fingerprint density at radius 1 is 0.221 bits per heavy atom. The number of hydrogen-bond acceptors (Lipinski definition) is 0. The van der Waals surface area contributed by atoms with Crippen molar-refractivity contribution in [3.05, 3.63) is 241 Å². The van der Waals surface area contributed by atoms with Crippen molar-refractivity contribution in [3.63, 3.8) is 0 Å². The summed E-state index contributed by atoms with van der Waals surface area (Å²) in [7, 11) is 0. The molecule has 68 heavy (non-hydrogen) atoms. The van der Waals surface area contributed by atoms with E-state index in [-0.39, 0.29) is 10.8 Å². The van der Waals surface area contributed by atoms with Crippen molar-refractivity contribution in [1.82, 2.24) is 0 Å². The van der Waals surface area contributed by atoms with Gasteiger partial charge in [0.15, 0.2) is 0 Å². The van der Waals surface area contributed by atoms with E-state index in [1.165, 1.54) is 143 Å². The van der Waals surface area contributed by atoms with Crippen LogP contribution in [0.2, 0.25) is 0 Å². The smallest absolute Gasteiger partial charge is 0.0162 e. The third-order valence-corrected chi connectivity index (χ3v) is 16.0. The minimum Gasteiger partial charge on any atom is -0.0619 e. The molecular formula is C68H48. The summed E-state index contributed by atoms with van der Waals surface area (Å²) in [5.41, 5.74) is 21.1. The van der Waals surface area contributed by atoms with Gasteiger partial charge in [0.05, 0.1) is 0 Å². The van der Waals surface area contributed by atoms with E-state index in [0.717, 1.165) is 0 Å². The molecule has 0 radical (unpaired) electrons. The maximum Gasteiger partial charge on any atom is 0.0162 e. The second-order valence-corrected chi connectivity index (χ2v) is 20.4. The molecule has 0 saturated carbocycles. The second kappa shape index (κ2) is 14.2. The zero-order valence-electron chi connectivity index (χ0n) is 38.8. The largest absolute Gasteiger partial charge is 0.0619 e. The first-order valence-corrected chi connectivity index (χ1v) is 24.1. The molecule has 0 bridgehead atoms. The van der Waals surface area contributed by atoms with Gasteiger partial charge < -0.3 is 0 Å². The van der Waals surface area contributed by atoms with E-state index in [1.54, 1.807) is 0 Å². The van der Waals surface area contributed by atoms with Crippen LogP contribution < -0.4 is 0 Å². The van der Waals surface area contributed by atoms with Gasteiger partial charge in [0.1, 0.15) is 0 Å². The Bertz CT molecular complexity index is 4120. The van der Waals surface area contributed by atoms with E-state index >= 15 is 0 Å². The average molecular weight is 865 g/mol. The molecule has 320 valence electrons. The molecule has 0 heterocycles. The van der Waals surface area contributed by atoms with E-state index in [9.17, 15) is 0 Å². The normalized spacial score (nSPS) is 14.1. The molecule has 12 aromatic rings. The van der Waals surface area contributed by atoms with E-state index in [0.29, 0.717) is 0 Å². The van der Waals surface area contributed by atoms with Gasteiger partial charge in [-0.25, -0.2) is 0 Å². The van der Waals surface area contributed by atoms with Gasteiger partial charge in [-0.05, 0) is 173 Å². The van der Waals surface area contributed by atoms with E-state index in [4.69, 9.17) is 0 Å². The summed E-state index contributed by atoms with van der Waals surface area (Å²) >= 11 is 0. The number of benzene rings is 12. The summed E-state index contributed by atoms with van der Waals surface area (Å²) in [4.78, 5) is 0. The molecule has 2 aliphatic rings. The fourth-order valence-corrected chi connectivity index (χ4v) is 12.6. The lowest BCUT2D eigenvalue weighted by Crippen LogP contribution is -2.24. The first kappa shape index (κ1) is 39.1. The number of fused-ring (bicyclic) bond motifs is 15.